The van der Waals surface area contributed by atoms with Gasteiger partial charge < -0.3 is 25.2 Å². The van der Waals surface area contributed by atoms with Crippen molar-refractivity contribution in [2.24, 2.45) is 4.99 Å². The summed E-state index contributed by atoms with van der Waals surface area (Å²) in [4.78, 5) is 4.77. The molecule has 164 valence electrons. The number of nitrogens with zero attached hydrogens (tertiary/aromatic N) is 1. The van der Waals surface area contributed by atoms with Crippen LogP contribution in [0.5, 0.6) is 11.5 Å². The second-order valence-corrected chi connectivity index (χ2v) is 8.14. The third kappa shape index (κ3) is 6.13. The van der Waals surface area contributed by atoms with Crippen LogP contribution in [0.4, 0.5) is 0 Å². The molecule has 1 unspecified atom stereocenters. The molecule has 30 heavy (non-hydrogen) atoms. The van der Waals surface area contributed by atoms with Crippen LogP contribution in [0.1, 0.15) is 38.8 Å². The fourth-order valence-electron chi connectivity index (χ4n) is 3.12. The number of benzene rings is 2. The first-order valence-corrected chi connectivity index (χ1v) is 10.3. The lowest BCUT2D eigenvalue weighted by Gasteiger charge is -2.27. The SMILES string of the molecule is CCNC(=NCC(C)(C)c1ccc(OC)c(OC)c1)NCC(C)(O)c1ccccc1. The van der Waals surface area contributed by atoms with Gasteiger partial charge in [-0.1, -0.05) is 50.2 Å². The van der Waals surface area contributed by atoms with Crippen LogP contribution in [0.25, 0.3) is 0 Å². The molecule has 0 spiro atoms. The monoisotopic (exact) mass is 413 g/mol. The first kappa shape index (κ1) is 23.5. The van der Waals surface area contributed by atoms with Crippen molar-refractivity contribution in [3.05, 3.63) is 59.7 Å². The van der Waals surface area contributed by atoms with Crippen molar-refractivity contribution in [3.63, 3.8) is 0 Å². The molecule has 0 amide bonds. The van der Waals surface area contributed by atoms with E-state index in [4.69, 9.17) is 14.5 Å². The molecular formula is C24H35N3O3. The van der Waals surface area contributed by atoms with Crippen molar-refractivity contribution in [2.45, 2.75) is 38.7 Å². The third-order valence-electron chi connectivity index (χ3n) is 5.14. The predicted octanol–water partition coefficient (Wildman–Crippen LogP) is 3.44. The number of aliphatic imine (C=N–C) groups is 1. The molecule has 3 N–H and O–H groups in total. The van der Waals surface area contributed by atoms with Gasteiger partial charge in [-0.05, 0) is 37.1 Å². The standard InChI is InChI=1S/C24H35N3O3/c1-7-25-22(27-17-24(4,28)18-11-9-8-10-12-18)26-16-23(2,3)19-13-14-20(29-5)21(15-19)30-6/h8-15,28H,7,16-17H2,1-6H3,(H2,25,26,27). The van der Waals surface area contributed by atoms with Gasteiger partial charge in [0.1, 0.15) is 5.60 Å². The number of hydrogen-bond acceptors (Lipinski definition) is 4. The lowest BCUT2D eigenvalue weighted by molar-refractivity contribution is 0.0617. The predicted molar refractivity (Wildman–Crippen MR) is 123 cm³/mol. The molecule has 0 heterocycles. The van der Waals surface area contributed by atoms with E-state index in [1.807, 2.05) is 55.5 Å². The lowest BCUT2D eigenvalue weighted by atomic mass is 9.84. The second kappa shape index (κ2) is 10.3. The van der Waals surface area contributed by atoms with Crippen molar-refractivity contribution >= 4 is 5.96 Å². The van der Waals surface area contributed by atoms with Crippen molar-refractivity contribution < 1.29 is 14.6 Å². The summed E-state index contributed by atoms with van der Waals surface area (Å²) >= 11 is 0. The molecule has 6 heteroatoms. The molecule has 6 nitrogen and oxygen atoms in total. The van der Waals surface area contributed by atoms with E-state index in [0.717, 1.165) is 17.7 Å². The number of aliphatic hydroxyl groups is 1. The Balaban J connectivity index is 2.13. The first-order chi connectivity index (χ1) is 14.2. The summed E-state index contributed by atoms with van der Waals surface area (Å²) in [5.41, 5.74) is 0.746. The van der Waals surface area contributed by atoms with Gasteiger partial charge in [-0.15, -0.1) is 0 Å². The highest BCUT2D eigenvalue weighted by atomic mass is 16.5. The number of guanidine groups is 1. The number of rotatable bonds is 9. The minimum absolute atomic E-state index is 0.218. The zero-order chi connectivity index (χ0) is 22.2. The molecule has 2 rings (SSSR count). The summed E-state index contributed by atoms with van der Waals surface area (Å²) in [5, 5.41) is 17.4. The number of ether oxygens (including phenoxy) is 2. The quantitative estimate of drug-likeness (QED) is 0.434. The molecular weight excluding hydrogens is 378 g/mol. The zero-order valence-corrected chi connectivity index (χ0v) is 19.0. The van der Waals surface area contributed by atoms with Gasteiger partial charge in [0.2, 0.25) is 0 Å². The summed E-state index contributed by atoms with van der Waals surface area (Å²) in [7, 11) is 3.27. The third-order valence-corrected chi connectivity index (χ3v) is 5.14. The van der Waals surface area contributed by atoms with E-state index in [1.165, 1.54) is 0 Å². The van der Waals surface area contributed by atoms with Crippen LogP contribution < -0.4 is 20.1 Å². The van der Waals surface area contributed by atoms with Crippen molar-refractivity contribution in [3.8, 4) is 11.5 Å². The number of nitrogens with one attached hydrogen (secondary N) is 2. The Morgan fingerprint density at radius 2 is 1.60 bits per heavy atom. The summed E-state index contributed by atoms with van der Waals surface area (Å²) in [6, 6.07) is 15.6. The van der Waals surface area contributed by atoms with Crippen LogP contribution in [0.15, 0.2) is 53.5 Å². The minimum atomic E-state index is -1.00. The number of methoxy groups -OCH3 is 2. The van der Waals surface area contributed by atoms with Crippen molar-refractivity contribution in [1.29, 1.82) is 0 Å². The maximum Gasteiger partial charge on any atom is 0.191 e. The van der Waals surface area contributed by atoms with Gasteiger partial charge in [0.15, 0.2) is 17.5 Å². The van der Waals surface area contributed by atoms with Gasteiger partial charge in [0, 0.05) is 12.0 Å². The van der Waals surface area contributed by atoms with Crippen LogP contribution in [0.2, 0.25) is 0 Å². The first-order valence-electron chi connectivity index (χ1n) is 10.3. The molecule has 0 bridgehead atoms. The van der Waals surface area contributed by atoms with Gasteiger partial charge in [-0.3, -0.25) is 4.99 Å². The van der Waals surface area contributed by atoms with E-state index in [0.29, 0.717) is 30.5 Å². The summed E-state index contributed by atoms with van der Waals surface area (Å²) < 4.78 is 10.8. The molecule has 0 aliphatic rings. The van der Waals surface area contributed by atoms with Crippen molar-refractivity contribution in [1.82, 2.24) is 10.6 Å². The molecule has 0 aliphatic heterocycles. The fraction of sp³-hybridized carbons (Fsp3) is 0.458. The van der Waals surface area contributed by atoms with Crippen LogP contribution in [0.3, 0.4) is 0 Å². The van der Waals surface area contributed by atoms with E-state index in [1.54, 1.807) is 21.1 Å². The molecule has 0 fully saturated rings. The van der Waals surface area contributed by atoms with Gasteiger partial charge in [0.25, 0.3) is 0 Å². The molecule has 0 saturated heterocycles. The lowest BCUT2D eigenvalue weighted by Crippen LogP contribution is -2.45. The number of hydrogen-bond donors (Lipinski definition) is 3. The van der Waals surface area contributed by atoms with Gasteiger partial charge in [0.05, 0.1) is 27.3 Å². The Morgan fingerprint density at radius 1 is 0.933 bits per heavy atom. The highest BCUT2D eigenvalue weighted by Gasteiger charge is 2.24. The van der Waals surface area contributed by atoms with Gasteiger partial charge >= 0.3 is 0 Å². The Hall–Kier alpha value is -2.73. The van der Waals surface area contributed by atoms with Crippen molar-refractivity contribution in [2.75, 3.05) is 33.9 Å². The van der Waals surface area contributed by atoms with Gasteiger partial charge in [-0.25, -0.2) is 0 Å². The Labute approximate surface area is 180 Å². The Bertz CT molecular complexity index is 833. The van der Waals surface area contributed by atoms with Gasteiger partial charge in [-0.2, -0.15) is 0 Å². The second-order valence-electron chi connectivity index (χ2n) is 8.14. The van der Waals surface area contributed by atoms with Crippen LogP contribution in [-0.4, -0.2) is 44.9 Å². The molecule has 0 saturated carbocycles. The molecule has 0 radical (unpaired) electrons. The van der Waals surface area contributed by atoms with Crippen LogP contribution in [0, 0.1) is 0 Å². The average molecular weight is 414 g/mol. The highest BCUT2D eigenvalue weighted by molar-refractivity contribution is 5.80. The molecule has 0 aliphatic carbocycles. The highest BCUT2D eigenvalue weighted by Crippen LogP contribution is 2.33. The molecule has 2 aromatic rings. The average Bonchev–Trinajstić information content (AvgIpc) is 2.75. The summed E-state index contributed by atoms with van der Waals surface area (Å²) in [6.07, 6.45) is 0. The minimum Gasteiger partial charge on any atom is -0.493 e. The maximum absolute atomic E-state index is 10.8. The van der Waals surface area contributed by atoms with E-state index in [9.17, 15) is 5.11 Å². The Morgan fingerprint density at radius 3 is 2.20 bits per heavy atom. The largest absolute Gasteiger partial charge is 0.493 e. The summed E-state index contributed by atoms with van der Waals surface area (Å²) in [5.74, 6) is 2.08. The molecule has 1 atom stereocenters. The van der Waals surface area contributed by atoms with E-state index in [-0.39, 0.29) is 5.41 Å². The summed E-state index contributed by atoms with van der Waals surface area (Å²) in [6.45, 7) is 9.74. The maximum atomic E-state index is 10.8. The Kier molecular flexibility index (Phi) is 8.12. The molecule has 2 aromatic carbocycles. The fourth-order valence-corrected chi connectivity index (χ4v) is 3.12. The van der Waals surface area contributed by atoms with E-state index in [2.05, 4.69) is 24.5 Å². The van der Waals surface area contributed by atoms with Crippen LogP contribution in [-0.2, 0) is 11.0 Å². The molecule has 0 aromatic heterocycles. The topological polar surface area (TPSA) is 75.1 Å². The zero-order valence-electron chi connectivity index (χ0n) is 19.0. The normalized spacial score (nSPS) is 14.0. The smallest absolute Gasteiger partial charge is 0.191 e. The van der Waals surface area contributed by atoms with Crippen LogP contribution >= 0.6 is 0 Å². The van der Waals surface area contributed by atoms with E-state index < -0.39 is 5.60 Å². The van der Waals surface area contributed by atoms with E-state index >= 15 is 0 Å².